The first-order valence-corrected chi connectivity index (χ1v) is 9.75. The van der Waals surface area contributed by atoms with Crippen LogP contribution in [0.25, 0.3) is 22.0 Å². The van der Waals surface area contributed by atoms with Crippen molar-refractivity contribution >= 4 is 16.7 Å². The molecular weight excluding hydrogens is 334 g/mol. The lowest BCUT2D eigenvalue weighted by atomic mass is 9.93. The van der Waals surface area contributed by atoms with E-state index in [2.05, 4.69) is 24.0 Å². The highest BCUT2D eigenvalue weighted by atomic mass is 16.5. The van der Waals surface area contributed by atoms with E-state index in [1.807, 2.05) is 42.6 Å². The minimum atomic E-state index is 0.285. The number of ketones is 1. The first-order valence-electron chi connectivity index (χ1n) is 9.75. The molecule has 0 bridgehead atoms. The van der Waals surface area contributed by atoms with Gasteiger partial charge < -0.3 is 4.74 Å². The number of ether oxygens (including phenoxy) is 1. The molecule has 0 unspecified atom stereocenters. The quantitative estimate of drug-likeness (QED) is 0.439. The molecule has 0 radical (unpaired) electrons. The van der Waals surface area contributed by atoms with Crippen molar-refractivity contribution in [2.24, 2.45) is 0 Å². The van der Waals surface area contributed by atoms with Crippen molar-refractivity contribution in [3.8, 4) is 16.9 Å². The topological polar surface area (TPSA) is 39.2 Å². The standard InChI is InChI=1S/C24H27NO2/c1-3-4-5-9-12-20(26)15-19-17-25-23-14-13-21(27-2)16-22(23)24(19)18-10-7-6-8-11-18/h6-8,10-11,13-14,16-17H,3-5,9,12,15H2,1-2H3. The highest BCUT2D eigenvalue weighted by Crippen LogP contribution is 2.33. The van der Waals surface area contributed by atoms with E-state index in [9.17, 15) is 4.79 Å². The summed E-state index contributed by atoms with van der Waals surface area (Å²) in [5.41, 5.74) is 4.09. The molecule has 3 nitrogen and oxygen atoms in total. The van der Waals surface area contributed by atoms with E-state index in [1.54, 1.807) is 7.11 Å². The zero-order chi connectivity index (χ0) is 19.1. The van der Waals surface area contributed by atoms with E-state index in [0.29, 0.717) is 12.8 Å². The predicted octanol–water partition coefficient (Wildman–Crippen LogP) is 5.99. The summed E-state index contributed by atoms with van der Waals surface area (Å²) in [7, 11) is 1.67. The molecule has 0 aliphatic rings. The number of benzene rings is 2. The van der Waals surface area contributed by atoms with Crippen LogP contribution in [0.4, 0.5) is 0 Å². The summed E-state index contributed by atoms with van der Waals surface area (Å²) < 4.78 is 5.42. The van der Waals surface area contributed by atoms with Gasteiger partial charge in [-0.1, -0.05) is 56.5 Å². The Labute approximate surface area is 161 Å². The van der Waals surface area contributed by atoms with Gasteiger partial charge in [-0.15, -0.1) is 0 Å². The second-order valence-corrected chi connectivity index (χ2v) is 6.93. The van der Waals surface area contributed by atoms with Crippen molar-refractivity contribution in [2.75, 3.05) is 7.11 Å². The number of pyridine rings is 1. The van der Waals surface area contributed by atoms with Gasteiger partial charge in [-0.05, 0) is 41.3 Å². The Morgan fingerprint density at radius 3 is 2.59 bits per heavy atom. The van der Waals surface area contributed by atoms with Crippen molar-refractivity contribution in [3.63, 3.8) is 0 Å². The van der Waals surface area contributed by atoms with Gasteiger partial charge in [-0.2, -0.15) is 0 Å². The number of carbonyl (C=O) groups excluding carboxylic acids is 1. The molecule has 1 aromatic heterocycles. The minimum Gasteiger partial charge on any atom is -0.497 e. The molecular formula is C24H27NO2. The fraction of sp³-hybridized carbons (Fsp3) is 0.333. The number of aromatic nitrogens is 1. The van der Waals surface area contributed by atoms with Crippen LogP contribution in [0.1, 0.15) is 44.6 Å². The summed E-state index contributed by atoms with van der Waals surface area (Å²) in [6.07, 6.45) is 7.41. The van der Waals surface area contributed by atoms with Crippen molar-refractivity contribution in [3.05, 3.63) is 60.3 Å². The average Bonchev–Trinajstić information content (AvgIpc) is 2.71. The van der Waals surface area contributed by atoms with Gasteiger partial charge in [0.25, 0.3) is 0 Å². The Bertz CT molecular complexity index is 903. The van der Waals surface area contributed by atoms with Gasteiger partial charge in [0.1, 0.15) is 11.5 Å². The smallest absolute Gasteiger partial charge is 0.137 e. The van der Waals surface area contributed by atoms with Gasteiger partial charge in [-0.25, -0.2) is 0 Å². The van der Waals surface area contributed by atoms with Crippen molar-refractivity contribution in [1.82, 2.24) is 4.98 Å². The molecule has 0 saturated heterocycles. The van der Waals surface area contributed by atoms with Crippen LogP contribution in [0.5, 0.6) is 5.75 Å². The number of Topliss-reactive ketones (excluding diaryl/α,β-unsaturated/α-hetero) is 1. The molecule has 0 spiro atoms. The first kappa shape index (κ1) is 19.1. The summed E-state index contributed by atoms with van der Waals surface area (Å²) in [5, 5.41) is 1.02. The molecule has 2 aromatic carbocycles. The SMILES string of the molecule is CCCCCCC(=O)Cc1cnc2ccc(OC)cc2c1-c1ccccc1. The Kier molecular flexibility index (Phi) is 6.59. The van der Waals surface area contributed by atoms with Crippen LogP contribution in [-0.2, 0) is 11.2 Å². The molecule has 140 valence electrons. The van der Waals surface area contributed by atoms with Gasteiger partial charge in [0.05, 0.1) is 12.6 Å². The van der Waals surface area contributed by atoms with Gasteiger partial charge in [-0.3, -0.25) is 9.78 Å². The molecule has 3 heteroatoms. The molecule has 0 N–H and O–H groups in total. The highest BCUT2D eigenvalue weighted by molar-refractivity contribution is 5.98. The Hall–Kier alpha value is -2.68. The van der Waals surface area contributed by atoms with E-state index < -0.39 is 0 Å². The Morgan fingerprint density at radius 1 is 1.04 bits per heavy atom. The minimum absolute atomic E-state index is 0.285. The molecule has 27 heavy (non-hydrogen) atoms. The summed E-state index contributed by atoms with van der Waals surface area (Å²) in [6.45, 7) is 2.18. The second kappa shape index (κ2) is 9.31. The second-order valence-electron chi connectivity index (χ2n) is 6.93. The summed E-state index contributed by atoms with van der Waals surface area (Å²) in [6, 6.07) is 16.1. The lowest BCUT2D eigenvalue weighted by molar-refractivity contribution is -0.118. The number of carbonyl (C=O) groups is 1. The molecule has 0 aliphatic carbocycles. The largest absolute Gasteiger partial charge is 0.497 e. The van der Waals surface area contributed by atoms with Gasteiger partial charge in [0, 0.05) is 24.4 Å². The highest BCUT2D eigenvalue weighted by Gasteiger charge is 2.14. The lowest BCUT2D eigenvalue weighted by Gasteiger charge is -2.14. The maximum atomic E-state index is 12.6. The number of nitrogens with zero attached hydrogens (tertiary/aromatic N) is 1. The van der Waals surface area contributed by atoms with Crippen LogP contribution in [0.2, 0.25) is 0 Å². The van der Waals surface area contributed by atoms with Gasteiger partial charge in [0.2, 0.25) is 0 Å². The third-order valence-corrected chi connectivity index (χ3v) is 4.91. The molecule has 0 fully saturated rings. The maximum absolute atomic E-state index is 12.6. The van der Waals surface area contributed by atoms with Crippen molar-refractivity contribution < 1.29 is 9.53 Å². The first-order chi connectivity index (χ1) is 13.2. The maximum Gasteiger partial charge on any atom is 0.137 e. The fourth-order valence-corrected chi connectivity index (χ4v) is 3.47. The van der Waals surface area contributed by atoms with Gasteiger partial charge in [0.15, 0.2) is 0 Å². The Morgan fingerprint density at radius 2 is 1.85 bits per heavy atom. The number of fused-ring (bicyclic) bond motifs is 1. The number of hydrogen-bond acceptors (Lipinski definition) is 3. The van der Waals surface area contributed by atoms with Crippen LogP contribution in [0.3, 0.4) is 0 Å². The molecule has 0 amide bonds. The number of unbranched alkanes of at least 4 members (excludes halogenated alkanes) is 3. The van der Waals surface area contributed by atoms with Crippen LogP contribution in [0, 0.1) is 0 Å². The van der Waals surface area contributed by atoms with E-state index in [-0.39, 0.29) is 5.78 Å². The normalized spacial score (nSPS) is 10.9. The number of rotatable bonds is 9. The fourth-order valence-electron chi connectivity index (χ4n) is 3.47. The zero-order valence-electron chi connectivity index (χ0n) is 16.2. The van der Waals surface area contributed by atoms with Crippen molar-refractivity contribution in [2.45, 2.75) is 45.4 Å². The molecule has 0 saturated carbocycles. The van der Waals surface area contributed by atoms with Crippen LogP contribution in [0.15, 0.2) is 54.7 Å². The zero-order valence-corrected chi connectivity index (χ0v) is 16.2. The number of methoxy groups -OCH3 is 1. The average molecular weight is 361 g/mol. The van der Waals surface area contributed by atoms with Crippen LogP contribution in [-0.4, -0.2) is 17.9 Å². The lowest BCUT2D eigenvalue weighted by Crippen LogP contribution is -2.05. The summed E-state index contributed by atoms with van der Waals surface area (Å²) in [5.74, 6) is 1.08. The molecule has 1 heterocycles. The third-order valence-electron chi connectivity index (χ3n) is 4.91. The van der Waals surface area contributed by atoms with E-state index in [1.165, 1.54) is 12.8 Å². The molecule has 0 atom stereocenters. The third kappa shape index (κ3) is 4.73. The molecule has 3 rings (SSSR count). The number of hydrogen-bond donors (Lipinski definition) is 0. The molecule has 3 aromatic rings. The summed E-state index contributed by atoms with van der Waals surface area (Å²) >= 11 is 0. The summed E-state index contributed by atoms with van der Waals surface area (Å²) in [4.78, 5) is 17.2. The predicted molar refractivity (Wildman–Crippen MR) is 111 cm³/mol. The van der Waals surface area contributed by atoms with E-state index >= 15 is 0 Å². The monoisotopic (exact) mass is 361 g/mol. The van der Waals surface area contributed by atoms with Crippen LogP contribution < -0.4 is 4.74 Å². The van der Waals surface area contributed by atoms with Crippen molar-refractivity contribution in [1.29, 1.82) is 0 Å². The van der Waals surface area contributed by atoms with E-state index in [4.69, 9.17) is 4.74 Å². The van der Waals surface area contributed by atoms with Gasteiger partial charge >= 0.3 is 0 Å². The Balaban J connectivity index is 1.98. The molecule has 0 aliphatic heterocycles. The van der Waals surface area contributed by atoms with E-state index in [0.717, 1.165) is 46.2 Å². The van der Waals surface area contributed by atoms with Crippen LogP contribution >= 0.6 is 0 Å².